The fourth-order valence-corrected chi connectivity index (χ4v) is 3.53. The van der Waals surface area contributed by atoms with Gasteiger partial charge in [0.2, 0.25) is 5.91 Å². The van der Waals surface area contributed by atoms with Crippen molar-refractivity contribution >= 4 is 11.8 Å². The summed E-state index contributed by atoms with van der Waals surface area (Å²) >= 11 is 0. The molecule has 0 N–H and O–H groups in total. The molecule has 6 nitrogen and oxygen atoms in total. The van der Waals surface area contributed by atoms with Gasteiger partial charge in [0.05, 0.1) is 11.8 Å². The molecule has 0 bridgehead atoms. The lowest BCUT2D eigenvalue weighted by atomic mass is 10.1. The van der Waals surface area contributed by atoms with Gasteiger partial charge in [-0.2, -0.15) is 0 Å². The number of benzene rings is 2. The molecule has 1 aromatic heterocycles. The molecule has 31 heavy (non-hydrogen) atoms. The second-order valence-electron chi connectivity index (χ2n) is 7.28. The highest BCUT2D eigenvalue weighted by Gasteiger charge is 2.25. The standard InChI is InChI=1S/C23H21F2N3O3/c24-17-6-7-18(19(25)14-17)20-15-26-21(31-20)8-9-22(29)27-10-12-28(13-11-27)23(30)16-4-2-1-3-5-16/h1-7,14-15H,8-13H2. The average Bonchev–Trinajstić information content (AvgIpc) is 3.26. The van der Waals surface area contributed by atoms with Crippen LogP contribution < -0.4 is 0 Å². The van der Waals surface area contributed by atoms with Crippen molar-refractivity contribution in [2.45, 2.75) is 12.8 Å². The molecule has 0 spiro atoms. The molecule has 2 aromatic carbocycles. The van der Waals surface area contributed by atoms with Crippen LogP contribution in [0.15, 0.2) is 59.1 Å². The average molecular weight is 425 g/mol. The molecule has 0 radical (unpaired) electrons. The van der Waals surface area contributed by atoms with Gasteiger partial charge < -0.3 is 14.2 Å². The molecule has 160 valence electrons. The van der Waals surface area contributed by atoms with Crippen molar-refractivity contribution in [2.75, 3.05) is 26.2 Å². The van der Waals surface area contributed by atoms with E-state index in [0.29, 0.717) is 37.6 Å². The molecule has 0 aliphatic carbocycles. The van der Waals surface area contributed by atoms with Gasteiger partial charge in [-0.1, -0.05) is 18.2 Å². The van der Waals surface area contributed by atoms with Crippen LogP contribution in [0.1, 0.15) is 22.7 Å². The second-order valence-corrected chi connectivity index (χ2v) is 7.28. The second kappa shape index (κ2) is 9.07. The molecule has 0 atom stereocenters. The molecule has 8 heteroatoms. The Bertz CT molecular complexity index is 1080. The van der Waals surface area contributed by atoms with Gasteiger partial charge in [-0.3, -0.25) is 9.59 Å². The van der Waals surface area contributed by atoms with Gasteiger partial charge in [-0.05, 0) is 24.3 Å². The Morgan fingerprint density at radius 2 is 1.68 bits per heavy atom. The third kappa shape index (κ3) is 4.79. The summed E-state index contributed by atoms with van der Waals surface area (Å²) in [5.74, 6) is -0.996. The van der Waals surface area contributed by atoms with Gasteiger partial charge in [0.15, 0.2) is 11.7 Å². The van der Waals surface area contributed by atoms with E-state index in [1.807, 2.05) is 18.2 Å². The first-order valence-electron chi connectivity index (χ1n) is 10.0. The van der Waals surface area contributed by atoms with E-state index < -0.39 is 11.6 Å². The van der Waals surface area contributed by atoms with Crippen LogP contribution in [0.3, 0.4) is 0 Å². The summed E-state index contributed by atoms with van der Waals surface area (Å²) in [7, 11) is 0. The summed E-state index contributed by atoms with van der Waals surface area (Å²) in [6.07, 6.45) is 1.83. The monoisotopic (exact) mass is 425 g/mol. The highest BCUT2D eigenvalue weighted by Crippen LogP contribution is 2.24. The predicted molar refractivity (Wildman–Crippen MR) is 109 cm³/mol. The summed E-state index contributed by atoms with van der Waals surface area (Å²) in [5.41, 5.74) is 0.755. The van der Waals surface area contributed by atoms with Gasteiger partial charge in [-0.25, -0.2) is 13.8 Å². The van der Waals surface area contributed by atoms with Crippen molar-refractivity contribution in [3.63, 3.8) is 0 Å². The zero-order chi connectivity index (χ0) is 21.8. The van der Waals surface area contributed by atoms with Crippen LogP contribution in [-0.4, -0.2) is 52.8 Å². The fourth-order valence-electron chi connectivity index (χ4n) is 3.53. The van der Waals surface area contributed by atoms with E-state index in [1.54, 1.807) is 21.9 Å². The first-order chi connectivity index (χ1) is 15.0. The molecular formula is C23H21F2N3O3. The Labute approximate surface area is 178 Å². The molecule has 2 heterocycles. The lowest BCUT2D eigenvalue weighted by Crippen LogP contribution is -2.50. The quantitative estimate of drug-likeness (QED) is 0.627. The maximum atomic E-state index is 13.9. The van der Waals surface area contributed by atoms with E-state index in [2.05, 4.69) is 4.98 Å². The van der Waals surface area contributed by atoms with E-state index in [4.69, 9.17) is 4.42 Å². The molecule has 1 fully saturated rings. The number of hydrogen-bond acceptors (Lipinski definition) is 4. The molecule has 2 amide bonds. The number of rotatable bonds is 5. The number of hydrogen-bond donors (Lipinski definition) is 0. The van der Waals surface area contributed by atoms with Crippen LogP contribution in [0.25, 0.3) is 11.3 Å². The molecular weight excluding hydrogens is 404 g/mol. The third-order valence-electron chi connectivity index (χ3n) is 5.24. The van der Waals surface area contributed by atoms with E-state index in [1.165, 1.54) is 12.3 Å². The van der Waals surface area contributed by atoms with Crippen LogP contribution in [0.4, 0.5) is 8.78 Å². The number of aromatic nitrogens is 1. The zero-order valence-corrected chi connectivity index (χ0v) is 16.8. The first kappa shape index (κ1) is 20.7. The summed E-state index contributed by atoms with van der Waals surface area (Å²) in [6, 6.07) is 12.3. The van der Waals surface area contributed by atoms with Gasteiger partial charge in [0.25, 0.3) is 5.91 Å². The Morgan fingerprint density at radius 3 is 2.39 bits per heavy atom. The highest BCUT2D eigenvalue weighted by molar-refractivity contribution is 5.94. The molecule has 4 rings (SSSR count). The van der Waals surface area contributed by atoms with E-state index >= 15 is 0 Å². The summed E-state index contributed by atoms with van der Waals surface area (Å²) in [6.45, 7) is 1.89. The normalized spacial score (nSPS) is 14.0. The summed E-state index contributed by atoms with van der Waals surface area (Å²) in [4.78, 5) is 32.6. The molecule has 0 unspecified atom stereocenters. The Hall–Kier alpha value is -3.55. The third-order valence-corrected chi connectivity index (χ3v) is 5.24. The Kier molecular flexibility index (Phi) is 6.06. The van der Waals surface area contributed by atoms with Crippen LogP contribution in [0, 0.1) is 11.6 Å². The van der Waals surface area contributed by atoms with Crippen LogP contribution in [0.5, 0.6) is 0 Å². The minimum Gasteiger partial charge on any atom is -0.441 e. The molecule has 0 saturated carbocycles. The van der Waals surface area contributed by atoms with Crippen molar-refractivity contribution < 1.29 is 22.8 Å². The van der Waals surface area contributed by atoms with Gasteiger partial charge in [0, 0.05) is 50.7 Å². The van der Waals surface area contributed by atoms with Gasteiger partial charge in [-0.15, -0.1) is 0 Å². The van der Waals surface area contributed by atoms with Crippen molar-refractivity contribution in [1.82, 2.24) is 14.8 Å². The van der Waals surface area contributed by atoms with Crippen molar-refractivity contribution in [2.24, 2.45) is 0 Å². The number of aryl methyl sites for hydroxylation is 1. The summed E-state index contributed by atoms with van der Waals surface area (Å²) < 4.78 is 32.5. The largest absolute Gasteiger partial charge is 0.441 e. The molecule has 1 aliphatic rings. The Morgan fingerprint density at radius 1 is 0.968 bits per heavy atom. The summed E-state index contributed by atoms with van der Waals surface area (Å²) in [5, 5.41) is 0. The van der Waals surface area contributed by atoms with E-state index in [9.17, 15) is 18.4 Å². The number of amides is 2. The van der Waals surface area contributed by atoms with Crippen molar-refractivity contribution in [3.05, 3.63) is 77.8 Å². The van der Waals surface area contributed by atoms with Crippen LogP contribution in [-0.2, 0) is 11.2 Å². The van der Waals surface area contributed by atoms with Gasteiger partial charge in [0.1, 0.15) is 11.6 Å². The zero-order valence-electron chi connectivity index (χ0n) is 16.8. The van der Waals surface area contributed by atoms with Crippen LogP contribution in [0.2, 0.25) is 0 Å². The smallest absolute Gasteiger partial charge is 0.253 e. The molecule has 1 aliphatic heterocycles. The molecule has 3 aromatic rings. The maximum Gasteiger partial charge on any atom is 0.253 e. The fraction of sp³-hybridized carbons (Fsp3) is 0.261. The number of piperazine rings is 1. The van der Waals surface area contributed by atoms with E-state index in [0.717, 1.165) is 12.1 Å². The number of nitrogens with zero attached hydrogens (tertiary/aromatic N) is 3. The minimum absolute atomic E-state index is 0.0342. The first-order valence-corrected chi connectivity index (χ1v) is 10.0. The number of halogens is 2. The highest BCUT2D eigenvalue weighted by atomic mass is 19.1. The maximum absolute atomic E-state index is 13.9. The number of carbonyl (C=O) groups excluding carboxylic acids is 2. The lowest BCUT2D eigenvalue weighted by Gasteiger charge is -2.34. The van der Waals surface area contributed by atoms with Gasteiger partial charge >= 0.3 is 0 Å². The van der Waals surface area contributed by atoms with E-state index in [-0.39, 0.29) is 36.0 Å². The van der Waals surface area contributed by atoms with Crippen molar-refractivity contribution in [3.8, 4) is 11.3 Å². The SMILES string of the molecule is O=C(CCc1ncc(-c2ccc(F)cc2F)o1)N1CCN(C(=O)c2ccccc2)CC1. The number of carbonyl (C=O) groups is 2. The number of oxazole rings is 1. The minimum atomic E-state index is -0.735. The van der Waals surface area contributed by atoms with Crippen LogP contribution >= 0.6 is 0 Å². The predicted octanol–water partition coefficient (Wildman–Crippen LogP) is 3.54. The lowest BCUT2D eigenvalue weighted by molar-refractivity contribution is -0.132. The van der Waals surface area contributed by atoms with Crippen molar-refractivity contribution in [1.29, 1.82) is 0 Å². The molecule has 1 saturated heterocycles. The topological polar surface area (TPSA) is 66.7 Å². The Balaban J connectivity index is 1.28.